The Morgan fingerprint density at radius 2 is 1.65 bits per heavy atom. The number of amides is 1. The molecule has 2 unspecified atom stereocenters. The Hall–Kier alpha value is -2.43. The second-order valence-electron chi connectivity index (χ2n) is 10.7. The molecule has 1 saturated carbocycles. The molecule has 0 bridgehead atoms. The van der Waals surface area contributed by atoms with Crippen LogP contribution in [-0.2, 0) is 4.74 Å². The first-order valence-corrected chi connectivity index (χ1v) is 12.8. The van der Waals surface area contributed by atoms with Crippen molar-refractivity contribution in [1.29, 1.82) is 0 Å². The lowest BCUT2D eigenvalue weighted by atomic mass is 9.75. The van der Waals surface area contributed by atoms with Crippen molar-refractivity contribution < 1.29 is 18.3 Å². The van der Waals surface area contributed by atoms with Crippen LogP contribution in [0.1, 0.15) is 69.9 Å². The minimum atomic E-state index is -0.308. The first-order valence-electron chi connectivity index (χ1n) is 12.8. The fourth-order valence-corrected chi connectivity index (χ4v) is 6.04. The molecule has 2 fully saturated rings. The predicted molar refractivity (Wildman–Crippen MR) is 131 cm³/mol. The average Bonchev–Trinajstić information content (AvgIpc) is 2.79. The first kappa shape index (κ1) is 24.7. The van der Waals surface area contributed by atoms with Gasteiger partial charge in [0.15, 0.2) is 0 Å². The highest BCUT2D eigenvalue weighted by Crippen LogP contribution is 2.39. The van der Waals surface area contributed by atoms with Gasteiger partial charge in [-0.3, -0.25) is 0 Å². The summed E-state index contributed by atoms with van der Waals surface area (Å²) in [5.41, 5.74) is 1.62. The zero-order valence-electron chi connectivity index (χ0n) is 20.6. The van der Waals surface area contributed by atoms with Gasteiger partial charge in [-0.2, -0.15) is 0 Å². The Morgan fingerprint density at radius 1 is 1.00 bits per heavy atom. The van der Waals surface area contributed by atoms with E-state index in [-0.39, 0.29) is 35.7 Å². The van der Waals surface area contributed by atoms with E-state index in [1.165, 1.54) is 30.7 Å². The van der Waals surface area contributed by atoms with Crippen LogP contribution in [0.5, 0.6) is 0 Å². The summed E-state index contributed by atoms with van der Waals surface area (Å²) in [6, 6.07) is 13.1. The molecule has 4 rings (SSSR count). The quantitative estimate of drug-likeness (QED) is 0.456. The number of hydrogen-bond acceptors (Lipinski definition) is 2. The van der Waals surface area contributed by atoms with Crippen LogP contribution < -0.4 is 0 Å². The zero-order chi connectivity index (χ0) is 24.2. The maximum atomic E-state index is 14.1. The van der Waals surface area contributed by atoms with Crippen molar-refractivity contribution in [2.45, 2.75) is 64.9 Å². The van der Waals surface area contributed by atoms with Gasteiger partial charge in [0.25, 0.3) is 0 Å². The number of piperidine rings is 1. The molecule has 2 aromatic carbocycles. The molecule has 1 amide bonds. The maximum absolute atomic E-state index is 14.1. The van der Waals surface area contributed by atoms with Gasteiger partial charge < -0.3 is 9.64 Å². The molecule has 2 aromatic rings. The van der Waals surface area contributed by atoms with Crippen molar-refractivity contribution in [3.8, 4) is 0 Å². The number of benzene rings is 2. The molecule has 34 heavy (non-hydrogen) atoms. The van der Waals surface area contributed by atoms with Gasteiger partial charge >= 0.3 is 6.09 Å². The summed E-state index contributed by atoms with van der Waals surface area (Å²) in [5, 5.41) is 0. The molecule has 5 heteroatoms. The normalized spacial score (nSPS) is 25.6. The van der Waals surface area contributed by atoms with Gasteiger partial charge in [-0.05, 0) is 84.7 Å². The number of likely N-dealkylation sites (tertiary alicyclic amines) is 1. The number of nitrogens with zero attached hydrogens (tertiary/aromatic N) is 1. The summed E-state index contributed by atoms with van der Waals surface area (Å²) in [4.78, 5) is 15.1. The minimum absolute atomic E-state index is 0.0427. The molecule has 0 spiro atoms. The highest BCUT2D eigenvalue weighted by Gasteiger charge is 2.37. The third-order valence-corrected chi connectivity index (χ3v) is 7.82. The number of rotatable bonds is 5. The third-order valence-electron chi connectivity index (χ3n) is 7.82. The minimum Gasteiger partial charge on any atom is -0.446 e. The summed E-state index contributed by atoms with van der Waals surface area (Å²) >= 11 is 0. The smallest absolute Gasteiger partial charge is 0.410 e. The Labute approximate surface area is 202 Å². The average molecular weight is 470 g/mol. The highest BCUT2D eigenvalue weighted by atomic mass is 19.1. The van der Waals surface area contributed by atoms with E-state index < -0.39 is 0 Å². The molecule has 4 atom stereocenters. The van der Waals surface area contributed by atoms with Crippen LogP contribution in [0.3, 0.4) is 0 Å². The molecule has 1 saturated heterocycles. The summed E-state index contributed by atoms with van der Waals surface area (Å²) in [6.45, 7) is 7.83. The van der Waals surface area contributed by atoms with Crippen LogP contribution in [0.25, 0.3) is 0 Å². The van der Waals surface area contributed by atoms with Gasteiger partial charge in [0.1, 0.15) is 17.7 Å². The molecule has 0 N–H and O–H groups in total. The fraction of sp³-hybridized carbons (Fsp3) is 0.552. The molecule has 184 valence electrons. The van der Waals surface area contributed by atoms with Crippen LogP contribution >= 0.6 is 0 Å². The largest absolute Gasteiger partial charge is 0.446 e. The van der Waals surface area contributed by atoms with Crippen LogP contribution in [0.2, 0.25) is 0 Å². The molecular weight excluding hydrogens is 432 g/mol. The molecule has 1 aliphatic heterocycles. The van der Waals surface area contributed by atoms with Crippen molar-refractivity contribution >= 4 is 6.09 Å². The zero-order valence-corrected chi connectivity index (χ0v) is 20.6. The van der Waals surface area contributed by atoms with Gasteiger partial charge in [0.2, 0.25) is 0 Å². The number of carbonyl (C=O) groups is 1. The van der Waals surface area contributed by atoms with E-state index >= 15 is 0 Å². The van der Waals surface area contributed by atoms with E-state index in [0.29, 0.717) is 30.8 Å². The molecular formula is C29H37F2NO2. The van der Waals surface area contributed by atoms with E-state index in [2.05, 4.69) is 20.8 Å². The van der Waals surface area contributed by atoms with Crippen LogP contribution in [-0.4, -0.2) is 30.2 Å². The summed E-state index contributed by atoms with van der Waals surface area (Å²) < 4.78 is 34.4. The first-order chi connectivity index (χ1) is 16.3. The van der Waals surface area contributed by atoms with Gasteiger partial charge in [-0.1, -0.05) is 51.5 Å². The standard InChI is InChI=1S/C29H37F2NO2/c1-19(2)26-13-12-20(3)15-27(26)34-29(33)32-14-6-9-23(18-32)28(21-7-4-10-24(30)16-21)22-8-5-11-25(31)17-22/h4-5,7-8,10-11,16-17,19-20,23,26-28H,6,9,12-15,18H2,1-3H3/t20-,23?,26+,27?/m1/s1. The second-order valence-corrected chi connectivity index (χ2v) is 10.7. The molecule has 0 aromatic heterocycles. The van der Waals surface area contributed by atoms with Gasteiger partial charge in [0, 0.05) is 19.0 Å². The predicted octanol–water partition coefficient (Wildman–Crippen LogP) is 7.41. The number of hydrogen-bond donors (Lipinski definition) is 0. The van der Waals surface area contributed by atoms with Crippen molar-refractivity contribution in [1.82, 2.24) is 4.90 Å². The third kappa shape index (κ3) is 5.79. The Balaban J connectivity index is 1.54. The maximum Gasteiger partial charge on any atom is 0.410 e. The summed E-state index contributed by atoms with van der Waals surface area (Å²) in [7, 11) is 0. The Morgan fingerprint density at radius 3 is 2.24 bits per heavy atom. The molecule has 3 nitrogen and oxygen atoms in total. The fourth-order valence-electron chi connectivity index (χ4n) is 6.04. The van der Waals surface area contributed by atoms with Crippen molar-refractivity contribution in [3.63, 3.8) is 0 Å². The number of halogens is 2. The van der Waals surface area contributed by atoms with E-state index in [1.54, 1.807) is 12.1 Å². The topological polar surface area (TPSA) is 29.5 Å². The second kappa shape index (κ2) is 10.9. The lowest BCUT2D eigenvalue weighted by Gasteiger charge is -2.40. The van der Waals surface area contributed by atoms with Crippen molar-refractivity contribution in [2.75, 3.05) is 13.1 Å². The van der Waals surface area contributed by atoms with E-state index in [4.69, 9.17) is 4.74 Å². The Bertz CT molecular complexity index is 933. The van der Waals surface area contributed by atoms with Gasteiger partial charge in [-0.25, -0.2) is 13.6 Å². The van der Waals surface area contributed by atoms with E-state index in [9.17, 15) is 13.6 Å². The monoisotopic (exact) mass is 469 g/mol. The SMILES string of the molecule is CC(C)[C@@H]1CC[C@@H](C)CC1OC(=O)N1CCCC(C(c2cccc(F)c2)c2cccc(F)c2)C1. The lowest BCUT2D eigenvalue weighted by Crippen LogP contribution is -2.45. The van der Waals surface area contributed by atoms with Gasteiger partial charge in [0.05, 0.1) is 0 Å². The molecule has 2 aliphatic rings. The van der Waals surface area contributed by atoms with Crippen LogP contribution in [0.15, 0.2) is 48.5 Å². The summed E-state index contributed by atoms with van der Waals surface area (Å²) in [5.74, 6) is 0.676. The highest BCUT2D eigenvalue weighted by molar-refractivity contribution is 5.68. The van der Waals surface area contributed by atoms with E-state index in [0.717, 1.165) is 36.8 Å². The van der Waals surface area contributed by atoms with Crippen molar-refractivity contribution in [3.05, 3.63) is 71.3 Å². The van der Waals surface area contributed by atoms with Crippen LogP contribution in [0.4, 0.5) is 13.6 Å². The van der Waals surface area contributed by atoms with Crippen molar-refractivity contribution in [2.24, 2.45) is 23.7 Å². The number of carbonyl (C=O) groups excluding carboxylic acids is 1. The molecule has 1 aliphatic carbocycles. The van der Waals surface area contributed by atoms with Crippen LogP contribution in [0, 0.1) is 35.3 Å². The summed E-state index contributed by atoms with van der Waals surface area (Å²) in [6.07, 6.45) is 4.64. The molecule has 0 radical (unpaired) electrons. The molecule has 1 heterocycles. The lowest BCUT2D eigenvalue weighted by molar-refractivity contribution is -0.0153. The van der Waals surface area contributed by atoms with E-state index in [1.807, 2.05) is 17.0 Å². The van der Waals surface area contributed by atoms with Gasteiger partial charge in [-0.15, -0.1) is 0 Å². The number of ether oxygens (including phenoxy) is 1. The Kier molecular flexibility index (Phi) is 7.90.